The Balaban J connectivity index is 3.27. The van der Waals surface area contributed by atoms with Crippen LogP contribution < -0.4 is 0 Å². The van der Waals surface area contributed by atoms with Gasteiger partial charge in [0.15, 0.2) is 0 Å². The summed E-state index contributed by atoms with van der Waals surface area (Å²) in [5.41, 5.74) is 0. The first-order chi connectivity index (χ1) is 5.95. The van der Waals surface area contributed by atoms with Crippen LogP contribution in [0.5, 0.6) is 0 Å². The van der Waals surface area contributed by atoms with E-state index in [1.165, 1.54) is 0 Å². The second kappa shape index (κ2) is 5.58. The van der Waals surface area contributed by atoms with Crippen molar-refractivity contribution < 1.29 is 27.4 Å². The molecule has 0 fully saturated rings. The van der Waals surface area contributed by atoms with Crippen molar-refractivity contribution in [1.82, 2.24) is 0 Å². The fraction of sp³-hybridized carbons (Fsp3) is 0.571. The smallest absolute Gasteiger partial charge is 0.462 e. The summed E-state index contributed by atoms with van der Waals surface area (Å²) >= 11 is 0. The Labute approximate surface area is 73.1 Å². The van der Waals surface area contributed by atoms with Crippen molar-refractivity contribution in [1.29, 1.82) is 0 Å². The number of alkyl halides is 3. The molecular formula is C7H9F3O3. The summed E-state index contributed by atoms with van der Waals surface area (Å²) in [5.74, 6) is -0.660. The second-order valence-electron chi connectivity index (χ2n) is 2.02. The molecule has 0 aromatic heterocycles. The summed E-state index contributed by atoms with van der Waals surface area (Å²) in [7, 11) is 0. The zero-order chi connectivity index (χ0) is 10.3. The van der Waals surface area contributed by atoms with Gasteiger partial charge in [-0.25, -0.2) is 4.79 Å². The van der Waals surface area contributed by atoms with E-state index in [1.54, 1.807) is 0 Å². The minimum atomic E-state index is -4.62. The van der Waals surface area contributed by atoms with Crippen molar-refractivity contribution in [2.45, 2.75) is 12.8 Å². The van der Waals surface area contributed by atoms with Crippen molar-refractivity contribution >= 4 is 5.97 Å². The third-order valence-electron chi connectivity index (χ3n) is 0.965. The first kappa shape index (κ1) is 12.0. The standard InChI is InChI=1S/C7H9F3O3/c1-2-6(11)12-4-3-5-13-7(8,9)10/h2H,1,3-5H2. The minimum Gasteiger partial charge on any atom is -0.462 e. The molecule has 0 bridgehead atoms. The average Bonchev–Trinajstić information content (AvgIpc) is 2.01. The Bertz CT molecular complexity index is 176. The number of esters is 1. The van der Waals surface area contributed by atoms with Crippen LogP contribution in [0, 0.1) is 0 Å². The maximum absolute atomic E-state index is 11.4. The highest BCUT2D eigenvalue weighted by molar-refractivity contribution is 5.81. The number of carbonyl (C=O) groups is 1. The number of hydrogen-bond donors (Lipinski definition) is 0. The average molecular weight is 198 g/mol. The molecule has 13 heavy (non-hydrogen) atoms. The molecule has 0 aromatic carbocycles. The maximum Gasteiger partial charge on any atom is 0.522 e. The second-order valence-corrected chi connectivity index (χ2v) is 2.02. The van der Waals surface area contributed by atoms with Crippen LogP contribution in [0.25, 0.3) is 0 Å². The number of ether oxygens (including phenoxy) is 2. The van der Waals surface area contributed by atoms with Gasteiger partial charge in [0.05, 0.1) is 13.2 Å². The van der Waals surface area contributed by atoms with Crippen LogP contribution in [-0.2, 0) is 14.3 Å². The third-order valence-corrected chi connectivity index (χ3v) is 0.965. The molecule has 0 radical (unpaired) electrons. The van der Waals surface area contributed by atoms with E-state index in [-0.39, 0.29) is 13.0 Å². The van der Waals surface area contributed by atoms with Gasteiger partial charge < -0.3 is 4.74 Å². The SMILES string of the molecule is C=CC(=O)OCCCOC(F)(F)F. The van der Waals surface area contributed by atoms with Gasteiger partial charge in [-0.2, -0.15) is 0 Å². The molecule has 0 unspecified atom stereocenters. The van der Waals surface area contributed by atoms with Gasteiger partial charge in [0, 0.05) is 12.5 Å². The molecule has 0 aliphatic carbocycles. The molecule has 76 valence electrons. The van der Waals surface area contributed by atoms with Gasteiger partial charge >= 0.3 is 12.3 Å². The van der Waals surface area contributed by atoms with Crippen LogP contribution >= 0.6 is 0 Å². The van der Waals surface area contributed by atoms with Gasteiger partial charge in [-0.3, -0.25) is 4.74 Å². The summed E-state index contributed by atoms with van der Waals surface area (Å²) in [5, 5.41) is 0. The van der Waals surface area contributed by atoms with E-state index in [2.05, 4.69) is 16.1 Å². The topological polar surface area (TPSA) is 35.5 Å². The van der Waals surface area contributed by atoms with Gasteiger partial charge in [0.1, 0.15) is 0 Å². The fourth-order valence-electron chi connectivity index (χ4n) is 0.479. The molecule has 0 aliphatic rings. The minimum absolute atomic E-state index is 0.000903. The lowest BCUT2D eigenvalue weighted by Crippen LogP contribution is -2.15. The van der Waals surface area contributed by atoms with E-state index >= 15 is 0 Å². The summed E-state index contributed by atoms with van der Waals surface area (Å²) in [4.78, 5) is 10.4. The summed E-state index contributed by atoms with van der Waals surface area (Å²) in [6, 6.07) is 0. The molecular weight excluding hydrogens is 189 g/mol. The predicted molar refractivity (Wildman–Crippen MR) is 37.8 cm³/mol. The largest absolute Gasteiger partial charge is 0.522 e. The lowest BCUT2D eigenvalue weighted by Gasteiger charge is -2.06. The highest BCUT2D eigenvalue weighted by Gasteiger charge is 2.28. The van der Waals surface area contributed by atoms with E-state index in [0.717, 1.165) is 6.08 Å². The quantitative estimate of drug-likeness (QED) is 0.382. The molecule has 0 aromatic rings. The van der Waals surface area contributed by atoms with E-state index < -0.39 is 18.9 Å². The number of halogens is 3. The van der Waals surface area contributed by atoms with Crippen LogP contribution in [0.4, 0.5) is 13.2 Å². The lowest BCUT2D eigenvalue weighted by atomic mass is 10.5. The van der Waals surface area contributed by atoms with Gasteiger partial charge in [0.2, 0.25) is 0 Å². The number of carbonyl (C=O) groups excluding carboxylic acids is 1. The molecule has 0 amide bonds. The predicted octanol–water partition coefficient (Wildman–Crippen LogP) is 1.64. The molecule has 0 saturated carbocycles. The lowest BCUT2D eigenvalue weighted by molar-refractivity contribution is -0.324. The van der Waals surface area contributed by atoms with Crippen LogP contribution in [0.2, 0.25) is 0 Å². The monoisotopic (exact) mass is 198 g/mol. The van der Waals surface area contributed by atoms with E-state index in [0.29, 0.717) is 0 Å². The Hall–Kier alpha value is -1.04. The molecule has 0 saturated heterocycles. The molecule has 3 nitrogen and oxygen atoms in total. The fourth-order valence-corrected chi connectivity index (χ4v) is 0.479. The van der Waals surface area contributed by atoms with Crippen molar-refractivity contribution in [2.75, 3.05) is 13.2 Å². The normalized spacial score (nSPS) is 11.0. The van der Waals surface area contributed by atoms with E-state index in [9.17, 15) is 18.0 Å². The van der Waals surface area contributed by atoms with E-state index in [1.807, 2.05) is 0 Å². The first-order valence-corrected chi connectivity index (χ1v) is 3.45. The molecule has 6 heteroatoms. The molecule has 0 heterocycles. The van der Waals surface area contributed by atoms with Crippen molar-refractivity contribution in [3.05, 3.63) is 12.7 Å². The summed E-state index contributed by atoms with van der Waals surface area (Å²) < 4.78 is 41.9. The Morgan fingerprint density at radius 2 is 2.00 bits per heavy atom. The van der Waals surface area contributed by atoms with Gasteiger partial charge in [-0.1, -0.05) is 6.58 Å². The Morgan fingerprint density at radius 3 is 2.46 bits per heavy atom. The van der Waals surface area contributed by atoms with Crippen molar-refractivity contribution in [2.24, 2.45) is 0 Å². The summed E-state index contributed by atoms with van der Waals surface area (Å²) in [6.07, 6.45) is -3.69. The maximum atomic E-state index is 11.4. The van der Waals surface area contributed by atoms with Crippen molar-refractivity contribution in [3.8, 4) is 0 Å². The third kappa shape index (κ3) is 8.87. The van der Waals surface area contributed by atoms with Crippen molar-refractivity contribution in [3.63, 3.8) is 0 Å². The highest BCUT2D eigenvalue weighted by atomic mass is 19.4. The van der Waals surface area contributed by atoms with E-state index in [4.69, 9.17) is 0 Å². The molecule has 0 rings (SSSR count). The van der Waals surface area contributed by atoms with Gasteiger partial charge in [0.25, 0.3) is 0 Å². The summed E-state index contributed by atoms with van der Waals surface area (Å²) in [6.45, 7) is 2.48. The van der Waals surface area contributed by atoms with Crippen LogP contribution in [0.3, 0.4) is 0 Å². The van der Waals surface area contributed by atoms with Gasteiger partial charge in [-0.05, 0) is 0 Å². The molecule has 0 aliphatic heterocycles. The van der Waals surface area contributed by atoms with Gasteiger partial charge in [-0.15, -0.1) is 13.2 Å². The van der Waals surface area contributed by atoms with Crippen LogP contribution in [0.1, 0.15) is 6.42 Å². The van der Waals surface area contributed by atoms with Crippen LogP contribution in [0.15, 0.2) is 12.7 Å². The number of hydrogen-bond acceptors (Lipinski definition) is 3. The van der Waals surface area contributed by atoms with Crippen LogP contribution in [-0.4, -0.2) is 25.5 Å². The first-order valence-electron chi connectivity index (χ1n) is 3.45. The zero-order valence-corrected chi connectivity index (χ0v) is 6.76. The molecule has 0 atom stereocenters. The zero-order valence-electron chi connectivity index (χ0n) is 6.76. The highest BCUT2D eigenvalue weighted by Crippen LogP contribution is 2.15. The Kier molecular flexibility index (Phi) is 5.13. The molecule has 0 spiro atoms. The Morgan fingerprint density at radius 1 is 1.38 bits per heavy atom. The molecule has 0 N–H and O–H groups in total. The number of rotatable bonds is 5.